The molecule has 2 aromatic rings. The maximum atomic E-state index is 13.5. The number of carboxylic acids is 1. The highest BCUT2D eigenvalue weighted by atomic mass is 19.4. The molecular formula is C24H25F3N2O4. The number of hydrogen-bond acceptors (Lipinski definition) is 4. The van der Waals surface area contributed by atoms with Crippen LogP contribution in [0.15, 0.2) is 36.4 Å². The van der Waals surface area contributed by atoms with Crippen LogP contribution < -0.4 is 15.0 Å². The second-order valence-electron chi connectivity index (χ2n) is 8.45. The van der Waals surface area contributed by atoms with Crippen LogP contribution >= 0.6 is 0 Å². The van der Waals surface area contributed by atoms with Crippen LogP contribution in [-0.2, 0) is 28.8 Å². The summed E-state index contributed by atoms with van der Waals surface area (Å²) in [6, 6.07) is 8.61. The molecule has 2 aliphatic rings. The van der Waals surface area contributed by atoms with Gasteiger partial charge in [-0.1, -0.05) is 12.1 Å². The van der Waals surface area contributed by atoms with Crippen LogP contribution in [0.3, 0.4) is 0 Å². The van der Waals surface area contributed by atoms with Crippen LogP contribution in [0.4, 0.5) is 18.9 Å². The summed E-state index contributed by atoms with van der Waals surface area (Å²) in [7, 11) is 1.49. The molecule has 1 aliphatic carbocycles. The lowest BCUT2D eigenvalue weighted by molar-refractivity contribution is -0.141. The van der Waals surface area contributed by atoms with Crippen LogP contribution in [0.1, 0.15) is 47.4 Å². The molecule has 6 nitrogen and oxygen atoms in total. The Hall–Kier alpha value is -3.07. The normalized spacial score (nSPS) is 16.4. The summed E-state index contributed by atoms with van der Waals surface area (Å²) in [5, 5.41) is 11.8. The Kier molecular flexibility index (Phi) is 6.34. The Morgan fingerprint density at radius 3 is 2.61 bits per heavy atom. The zero-order valence-corrected chi connectivity index (χ0v) is 18.1. The molecule has 2 N–H and O–H groups in total. The molecule has 1 amide bonds. The van der Waals surface area contributed by atoms with Gasteiger partial charge >= 0.3 is 12.1 Å². The average Bonchev–Trinajstić information content (AvgIpc) is 3.53. The number of carbonyl (C=O) groups excluding carboxylic acids is 1. The van der Waals surface area contributed by atoms with E-state index in [0.29, 0.717) is 35.5 Å². The van der Waals surface area contributed by atoms with E-state index in [2.05, 4.69) is 5.32 Å². The number of aliphatic carboxylic acids is 1. The lowest BCUT2D eigenvalue weighted by Gasteiger charge is -2.20. The molecule has 33 heavy (non-hydrogen) atoms. The Balaban J connectivity index is 1.43. The molecule has 1 atom stereocenters. The molecular weight excluding hydrogens is 437 g/mol. The zero-order chi connectivity index (χ0) is 23.8. The number of amides is 1. The van der Waals surface area contributed by atoms with Crippen LogP contribution in [0.25, 0.3) is 0 Å². The Morgan fingerprint density at radius 2 is 1.97 bits per heavy atom. The van der Waals surface area contributed by atoms with Crippen LogP contribution in [-0.4, -0.2) is 36.6 Å². The number of ether oxygens (including phenoxy) is 1. The van der Waals surface area contributed by atoms with E-state index in [9.17, 15) is 22.8 Å². The molecule has 1 heterocycles. The van der Waals surface area contributed by atoms with Crippen molar-refractivity contribution < 1.29 is 32.6 Å². The van der Waals surface area contributed by atoms with Gasteiger partial charge in [-0.3, -0.25) is 9.59 Å². The van der Waals surface area contributed by atoms with Crippen molar-refractivity contribution in [3.05, 3.63) is 58.7 Å². The predicted octanol–water partition coefficient (Wildman–Crippen LogP) is 4.11. The zero-order valence-electron chi connectivity index (χ0n) is 18.1. The summed E-state index contributed by atoms with van der Waals surface area (Å²) < 4.78 is 46.2. The molecule has 0 aromatic heterocycles. The molecule has 1 fully saturated rings. The lowest BCUT2D eigenvalue weighted by Crippen LogP contribution is -2.40. The minimum absolute atomic E-state index is 0.00199. The number of carboxylic acid groups (broad SMARTS) is 1. The highest BCUT2D eigenvalue weighted by molar-refractivity contribution is 5.98. The number of alkyl halides is 3. The summed E-state index contributed by atoms with van der Waals surface area (Å²) in [5.41, 5.74) is 1.78. The smallest absolute Gasteiger partial charge is 0.416 e. The number of benzene rings is 2. The van der Waals surface area contributed by atoms with Gasteiger partial charge in [-0.05, 0) is 73.2 Å². The monoisotopic (exact) mass is 462 g/mol. The van der Waals surface area contributed by atoms with Gasteiger partial charge in [-0.25, -0.2) is 0 Å². The average molecular weight is 462 g/mol. The summed E-state index contributed by atoms with van der Waals surface area (Å²) in [6.07, 6.45) is -2.39. The Bertz CT molecular complexity index is 1070. The summed E-state index contributed by atoms with van der Waals surface area (Å²) in [5.74, 6) is -0.883. The van der Waals surface area contributed by atoms with Crippen LogP contribution in [0.2, 0.25) is 0 Å². The minimum Gasteiger partial charge on any atom is -0.489 e. The quantitative estimate of drug-likeness (QED) is 0.617. The number of anilines is 1. The Morgan fingerprint density at radius 1 is 1.21 bits per heavy atom. The molecule has 1 unspecified atom stereocenters. The van der Waals surface area contributed by atoms with E-state index in [1.54, 1.807) is 35.2 Å². The molecule has 0 radical (unpaired) electrons. The van der Waals surface area contributed by atoms with Gasteiger partial charge in [0.1, 0.15) is 18.4 Å². The first-order valence-corrected chi connectivity index (χ1v) is 10.8. The van der Waals surface area contributed by atoms with Crippen molar-refractivity contribution in [3.63, 3.8) is 0 Å². The number of halogens is 3. The first-order valence-electron chi connectivity index (χ1n) is 10.8. The maximum absolute atomic E-state index is 13.5. The highest BCUT2D eigenvalue weighted by Gasteiger charge is 2.38. The molecule has 2 aromatic carbocycles. The molecule has 9 heteroatoms. The fourth-order valence-electron chi connectivity index (χ4n) is 4.18. The standard InChI is InChI=1S/C24H25F3N2O4/c1-28-20(23(31)32)12-22(30)29-9-8-16-11-17(5-7-21(16)29)33-13-14-2-6-18(15-3-4-15)19(10-14)24(25,26)27/h2,5-7,10-11,15,20,28H,3-4,8-9,12-13H2,1H3,(H,31,32). The van der Waals surface area contributed by atoms with Crippen molar-refractivity contribution in [3.8, 4) is 5.75 Å². The van der Waals surface area contributed by atoms with Gasteiger partial charge in [0.15, 0.2) is 0 Å². The van der Waals surface area contributed by atoms with Crippen LogP contribution in [0.5, 0.6) is 5.75 Å². The van der Waals surface area contributed by atoms with E-state index in [1.807, 2.05) is 0 Å². The fraction of sp³-hybridized carbons (Fsp3) is 0.417. The number of nitrogens with one attached hydrogen (secondary N) is 1. The maximum Gasteiger partial charge on any atom is 0.416 e. The van der Waals surface area contributed by atoms with Gasteiger partial charge in [-0.2, -0.15) is 13.2 Å². The summed E-state index contributed by atoms with van der Waals surface area (Å²) in [4.78, 5) is 25.3. The van der Waals surface area contributed by atoms with E-state index < -0.39 is 23.8 Å². The lowest BCUT2D eigenvalue weighted by atomic mass is 10.00. The second kappa shape index (κ2) is 9.05. The van der Waals surface area contributed by atoms with E-state index in [4.69, 9.17) is 9.84 Å². The third kappa shape index (κ3) is 5.13. The first-order chi connectivity index (χ1) is 15.7. The van der Waals surface area contributed by atoms with Gasteiger partial charge in [0.25, 0.3) is 0 Å². The highest BCUT2D eigenvalue weighted by Crippen LogP contribution is 2.46. The van der Waals surface area contributed by atoms with Gasteiger partial charge in [0.2, 0.25) is 5.91 Å². The number of carbonyl (C=O) groups is 2. The number of nitrogens with zero attached hydrogens (tertiary/aromatic N) is 1. The number of hydrogen-bond donors (Lipinski definition) is 2. The van der Waals surface area contributed by atoms with Gasteiger partial charge in [0, 0.05) is 12.2 Å². The SMILES string of the molecule is CNC(CC(=O)N1CCc2cc(OCc3ccc(C4CC4)c(C(F)(F)F)c3)ccc21)C(=O)O. The minimum atomic E-state index is -4.40. The third-order valence-corrected chi connectivity index (χ3v) is 6.12. The molecule has 0 saturated heterocycles. The first kappa shape index (κ1) is 23.1. The number of fused-ring (bicyclic) bond motifs is 1. The van der Waals surface area contributed by atoms with Gasteiger partial charge < -0.3 is 20.1 Å². The molecule has 1 aliphatic heterocycles. The molecule has 0 bridgehead atoms. The van der Waals surface area contributed by atoms with E-state index in [-0.39, 0.29) is 24.9 Å². The topological polar surface area (TPSA) is 78.9 Å². The largest absolute Gasteiger partial charge is 0.489 e. The van der Waals surface area contributed by atoms with Gasteiger partial charge in [-0.15, -0.1) is 0 Å². The van der Waals surface area contributed by atoms with Crippen molar-refractivity contribution in [1.82, 2.24) is 5.32 Å². The van der Waals surface area contributed by atoms with E-state index in [1.165, 1.54) is 13.1 Å². The van der Waals surface area contributed by atoms with E-state index >= 15 is 0 Å². The van der Waals surface area contributed by atoms with Crippen molar-refractivity contribution in [1.29, 1.82) is 0 Å². The molecule has 0 spiro atoms. The van der Waals surface area contributed by atoms with Crippen LogP contribution in [0, 0.1) is 0 Å². The van der Waals surface area contributed by atoms with Crippen molar-refractivity contribution in [2.24, 2.45) is 0 Å². The fourth-order valence-corrected chi connectivity index (χ4v) is 4.18. The predicted molar refractivity (Wildman–Crippen MR) is 115 cm³/mol. The molecule has 1 saturated carbocycles. The summed E-state index contributed by atoms with van der Waals surface area (Å²) in [6.45, 7) is 0.434. The Labute approximate surface area is 189 Å². The second-order valence-corrected chi connectivity index (χ2v) is 8.45. The van der Waals surface area contributed by atoms with E-state index in [0.717, 1.165) is 18.4 Å². The van der Waals surface area contributed by atoms with Crippen molar-refractivity contribution in [2.75, 3.05) is 18.5 Å². The molecule has 176 valence electrons. The number of likely N-dealkylation sites (N-methyl/N-ethyl adjacent to an activating group) is 1. The number of rotatable bonds is 8. The van der Waals surface area contributed by atoms with Gasteiger partial charge in [0.05, 0.1) is 12.0 Å². The van der Waals surface area contributed by atoms with Crippen molar-refractivity contribution >= 4 is 17.6 Å². The summed E-state index contributed by atoms with van der Waals surface area (Å²) >= 11 is 0. The molecule has 4 rings (SSSR count). The van der Waals surface area contributed by atoms with Crippen molar-refractivity contribution in [2.45, 2.75) is 50.4 Å². The third-order valence-electron chi connectivity index (χ3n) is 6.12.